The summed E-state index contributed by atoms with van der Waals surface area (Å²) in [5, 5.41) is 10.2. The van der Waals surface area contributed by atoms with Gasteiger partial charge in [-0.3, -0.25) is 4.98 Å². The lowest BCUT2D eigenvalue weighted by atomic mass is 9.97. The second-order valence-electron chi connectivity index (χ2n) is 4.44. The van der Waals surface area contributed by atoms with Crippen molar-refractivity contribution >= 4 is 31.9 Å². The Balaban J connectivity index is 1.93. The number of rotatable bonds is 1. The first-order chi connectivity index (χ1) is 9.13. The van der Waals surface area contributed by atoms with Gasteiger partial charge in [-0.05, 0) is 40.2 Å². The van der Waals surface area contributed by atoms with Crippen molar-refractivity contribution in [3.05, 3.63) is 56.7 Å². The summed E-state index contributed by atoms with van der Waals surface area (Å²) in [5.41, 5.74) is 1.66. The summed E-state index contributed by atoms with van der Waals surface area (Å²) in [5.74, 6) is 0.711. The number of hydrogen-bond acceptors (Lipinski definition) is 3. The molecule has 3 rings (SSSR count). The van der Waals surface area contributed by atoms with E-state index in [0.29, 0.717) is 12.2 Å². The topological polar surface area (TPSA) is 42.4 Å². The minimum atomic E-state index is -0.521. The number of aliphatic hydroxyl groups excluding tert-OH is 1. The highest BCUT2D eigenvalue weighted by Gasteiger charge is 2.28. The number of fused-ring (bicyclic) bond motifs is 1. The third kappa shape index (κ3) is 2.68. The van der Waals surface area contributed by atoms with Crippen molar-refractivity contribution in [1.29, 1.82) is 0 Å². The number of ether oxygens (including phenoxy) is 1. The Labute approximate surface area is 127 Å². The van der Waals surface area contributed by atoms with E-state index in [9.17, 15) is 5.11 Å². The molecule has 5 heteroatoms. The lowest BCUT2D eigenvalue weighted by molar-refractivity contribution is 0.0636. The molecule has 1 aromatic carbocycles. The maximum atomic E-state index is 10.2. The summed E-state index contributed by atoms with van der Waals surface area (Å²) in [6, 6.07) is 9.50. The molecule has 3 nitrogen and oxygen atoms in total. The van der Waals surface area contributed by atoms with Gasteiger partial charge in [-0.2, -0.15) is 0 Å². The van der Waals surface area contributed by atoms with E-state index in [4.69, 9.17) is 4.74 Å². The molecule has 0 bridgehead atoms. The van der Waals surface area contributed by atoms with Gasteiger partial charge in [0.05, 0.1) is 11.8 Å². The highest BCUT2D eigenvalue weighted by Crippen LogP contribution is 2.41. The molecule has 0 amide bonds. The van der Waals surface area contributed by atoms with Crippen molar-refractivity contribution in [2.45, 2.75) is 18.6 Å². The van der Waals surface area contributed by atoms with Crippen LogP contribution in [-0.4, -0.2) is 10.1 Å². The molecule has 2 atom stereocenters. The summed E-state index contributed by atoms with van der Waals surface area (Å²) in [6.45, 7) is 0. The van der Waals surface area contributed by atoms with Crippen molar-refractivity contribution in [2.75, 3.05) is 0 Å². The highest BCUT2D eigenvalue weighted by molar-refractivity contribution is 9.10. The van der Waals surface area contributed by atoms with Gasteiger partial charge < -0.3 is 9.84 Å². The Kier molecular flexibility index (Phi) is 3.60. The molecule has 1 aliphatic heterocycles. The predicted molar refractivity (Wildman–Crippen MR) is 79.0 cm³/mol. The fraction of sp³-hybridized carbons (Fsp3) is 0.214. The van der Waals surface area contributed by atoms with Gasteiger partial charge in [0.1, 0.15) is 11.9 Å². The minimum Gasteiger partial charge on any atom is -0.484 e. The van der Waals surface area contributed by atoms with Gasteiger partial charge in [0.25, 0.3) is 0 Å². The number of aromatic nitrogens is 1. The molecule has 2 heterocycles. The Bertz CT molecular complexity index is 601. The van der Waals surface area contributed by atoms with Crippen LogP contribution in [0.3, 0.4) is 0 Å². The summed E-state index contributed by atoms with van der Waals surface area (Å²) in [4.78, 5) is 4.34. The average Bonchev–Trinajstić information content (AvgIpc) is 2.38. The fourth-order valence-corrected chi connectivity index (χ4v) is 2.75. The molecular formula is C14H11Br2NO2. The van der Waals surface area contributed by atoms with E-state index in [0.717, 1.165) is 20.2 Å². The zero-order valence-corrected chi connectivity index (χ0v) is 13.1. The number of benzene rings is 1. The van der Waals surface area contributed by atoms with Crippen LogP contribution in [0.15, 0.2) is 45.5 Å². The largest absolute Gasteiger partial charge is 0.484 e. The summed E-state index contributed by atoms with van der Waals surface area (Å²) < 4.78 is 7.80. The van der Waals surface area contributed by atoms with Crippen LogP contribution in [0.5, 0.6) is 5.75 Å². The molecule has 19 heavy (non-hydrogen) atoms. The molecule has 0 saturated carbocycles. The monoisotopic (exact) mass is 383 g/mol. The third-order valence-corrected chi connectivity index (χ3v) is 4.08. The molecule has 0 fully saturated rings. The van der Waals surface area contributed by atoms with Gasteiger partial charge in [-0.1, -0.05) is 22.0 Å². The van der Waals surface area contributed by atoms with Crippen molar-refractivity contribution in [1.82, 2.24) is 4.98 Å². The zero-order chi connectivity index (χ0) is 13.4. The van der Waals surface area contributed by atoms with Gasteiger partial charge in [-0.25, -0.2) is 0 Å². The smallest absolute Gasteiger partial charge is 0.143 e. The van der Waals surface area contributed by atoms with Gasteiger partial charge in [0.2, 0.25) is 0 Å². The molecule has 0 spiro atoms. The summed E-state index contributed by atoms with van der Waals surface area (Å²) >= 11 is 6.77. The van der Waals surface area contributed by atoms with Crippen LogP contribution in [0.2, 0.25) is 0 Å². The standard InChI is InChI=1S/C14H11Br2NO2/c15-8-1-3-10-12(18)6-14(19-13(10)5-8)11-4-2-9(16)7-17-11/h1-5,7,12,14,18H,6H2/t12-,14?/m0/s1. The normalized spacial score (nSPS) is 21.6. The molecule has 0 radical (unpaired) electrons. The van der Waals surface area contributed by atoms with E-state index in [1.165, 1.54) is 0 Å². The first-order valence-electron chi connectivity index (χ1n) is 5.89. The van der Waals surface area contributed by atoms with Crippen molar-refractivity contribution in [2.24, 2.45) is 0 Å². The molecule has 0 saturated heterocycles. The number of halogens is 2. The van der Waals surface area contributed by atoms with Gasteiger partial charge in [0.15, 0.2) is 0 Å². The van der Waals surface area contributed by atoms with E-state index in [-0.39, 0.29) is 6.10 Å². The predicted octanol–water partition coefficient (Wildman–Crippen LogP) is 4.16. The minimum absolute atomic E-state index is 0.218. The number of hydrogen-bond donors (Lipinski definition) is 1. The van der Waals surface area contributed by atoms with Crippen LogP contribution in [-0.2, 0) is 0 Å². The van der Waals surface area contributed by atoms with Crippen LogP contribution >= 0.6 is 31.9 Å². The Hall–Kier alpha value is -0.910. The van der Waals surface area contributed by atoms with Crippen molar-refractivity contribution < 1.29 is 9.84 Å². The molecule has 0 aliphatic carbocycles. The second kappa shape index (κ2) is 5.23. The maximum Gasteiger partial charge on any atom is 0.143 e. The maximum absolute atomic E-state index is 10.2. The highest BCUT2D eigenvalue weighted by atomic mass is 79.9. The first-order valence-corrected chi connectivity index (χ1v) is 7.48. The molecule has 1 aromatic heterocycles. The molecule has 1 unspecified atom stereocenters. The molecule has 1 aliphatic rings. The zero-order valence-electron chi connectivity index (χ0n) is 9.88. The van der Waals surface area contributed by atoms with Crippen LogP contribution < -0.4 is 4.74 Å². The number of aliphatic hydroxyl groups is 1. The Morgan fingerprint density at radius 2 is 1.95 bits per heavy atom. The average molecular weight is 385 g/mol. The summed E-state index contributed by atoms with van der Waals surface area (Å²) in [6.07, 6.45) is 1.52. The van der Waals surface area contributed by atoms with Crippen molar-refractivity contribution in [3.63, 3.8) is 0 Å². The fourth-order valence-electron chi connectivity index (χ4n) is 2.18. The van der Waals surface area contributed by atoms with Crippen LogP contribution in [0.1, 0.15) is 29.9 Å². The molecular weight excluding hydrogens is 374 g/mol. The van der Waals surface area contributed by atoms with E-state index in [1.807, 2.05) is 30.3 Å². The van der Waals surface area contributed by atoms with Gasteiger partial charge >= 0.3 is 0 Å². The van der Waals surface area contributed by atoms with Crippen LogP contribution in [0.4, 0.5) is 0 Å². The Morgan fingerprint density at radius 3 is 2.68 bits per heavy atom. The van der Waals surface area contributed by atoms with Crippen LogP contribution in [0.25, 0.3) is 0 Å². The summed E-state index contributed by atoms with van der Waals surface area (Å²) in [7, 11) is 0. The van der Waals surface area contributed by atoms with Gasteiger partial charge in [0, 0.05) is 27.1 Å². The molecule has 98 valence electrons. The lowest BCUT2D eigenvalue weighted by Gasteiger charge is -2.29. The van der Waals surface area contributed by atoms with E-state index < -0.39 is 6.10 Å². The van der Waals surface area contributed by atoms with E-state index in [2.05, 4.69) is 36.8 Å². The van der Waals surface area contributed by atoms with Crippen LogP contribution in [0, 0.1) is 0 Å². The van der Waals surface area contributed by atoms with E-state index in [1.54, 1.807) is 6.20 Å². The van der Waals surface area contributed by atoms with E-state index >= 15 is 0 Å². The van der Waals surface area contributed by atoms with Gasteiger partial charge in [-0.15, -0.1) is 0 Å². The Morgan fingerprint density at radius 1 is 1.16 bits per heavy atom. The molecule has 1 N–H and O–H groups in total. The lowest BCUT2D eigenvalue weighted by Crippen LogP contribution is -2.19. The molecule has 2 aromatic rings. The second-order valence-corrected chi connectivity index (χ2v) is 6.27. The number of pyridine rings is 1. The number of nitrogens with zero attached hydrogens (tertiary/aromatic N) is 1. The van der Waals surface area contributed by atoms with Crippen molar-refractivity contribution in [3.8, 4) is 5.75 Å². The SMILES string of the molecule is O[C@H]1CC(c2ccc(Br)cn2)Oc2cc(Br)ccc21. The third-order valence-electron chi connectivity index (χ3n) is 3.12. The first kappa shape index (κ1) is 13.1. The quantitative estimate of drug-likeness (QED) is 0.802.